The first-order valence-corrected chi connectivity index (χ1v) is 6.48. The number of ether oxygens (including phenoxy) is 2. The van der Waals surface area contributed by atoms with Gasteiger partial charge in [0, 0.05) is 5.56 Å². The summed E-state index contributed by atoms with van der Waals surface area (Å²) >= 11 is 1.68. The van der Waals surface area contributed by atoms with E-state index in [1.165, 1.54) is 5.56 Å². The molecule has 1 rings (SSSR count). The Kier molecular flexibility index (Phi) is 5.49. The van der Waals surface area contributed by atoms with Crippen molar-refractivity contribution in [2.75, 3.05) is 27.0 Å². The molecule has 0 fully saturated rings. The van der Waals surface area contributed by atoms with Crippen LogP contribution in [0.3, 0.4) is 0 Å². The maximum Gasteiger partial charge on any atom is 0.132 e. The Bertz CT molecular complexity index is 342. The molecule has 0 aromatic heterocycles. The molecular weight excluding hydrogens is 222 g/mol. The van der Waals surface area contributed by atoms with E-state index in [1.54, 1.807) is 26.0 Å². The molecule has 3 nitrogen and oxygen atoms in total. The molecular formula is C12H19NO2S. The highest BCUT2D eigenvalue weighted by atomic mass is 32.2. The van der Waals surface area contributed by atoms with Crippen LogP contribution < -0.4 is 15.2 Å². The van der Waals surface area contributed by atoms with Gasteiger partial charge in [0.15, 0.2) is 0 Å². The molecule has 2 N–H and O–H groups in total. The Hall–Kier alpha value is -0.870. The molecule has 0 radical (unpaired) electrons. The Morgan fingerprint density at radius 3 is 2.31 bits per heavy atom. The molecule has 0 saturated carbocycles. The lowest BCUT2D eigenvalue weighted by Crippen LogP contribution is -2.03. The normalized spacial score (nSPS) is 10.2. The largest absolute Gasteiger partial charge is 0.496 e. The first-order valence-electron chi connectivity index (χ1n) is 5.26. The summed E-state index contributed by atoms with van der Waals surface area (Å²) in [7, 11) is 3.38. The van der Waals surface area contributed by atoms with Gasteiger partial charge in [-0.05, 0) is 37.8 Å². The molecule has 1 aromatic carbocycles. The summed E-state index contributed by atoms with van der Waals surface area (Å²) in [5.41, 5.74) is 6.75. The minimum Gasteiger partial charge on any atom is -0.496 e. The predicted octanol–water partition coefficient (Wildman–Crippen LogP) is 2.32. The van der Waals surface area contributed by atoms with Gasteiger partial charge < -0.3 is 15.2 Å². The summed E-state index contributed by atoms with van der Waals surface area (Å²) in [5, 5.41) is 0. The summed E-state index contributed by atoms with van der Waals surface area (Å²) in [4.78, 5) is 1.15. The van der Waals surface area contributed by atoms with E-state index >= 15 is 0 Å². The van der Waals surface area contributed by atoms with Crippen LogP contribution in [0.15, 0.2) is 17.0 Å². The second kappa shape index (κ2) is 6.66. The highest BCUT2D eigenvalue weighted by Crippen LogP contribution is 2.37. The van der Waals surface area contributed by atoms with E-state index in [9.17, 15) is 0 Å². The molecule has 0 saturated heterocycles. The number of hydrogen-bond acceptors (Lipinski definition) is 4. The molecule has 0 unspecified atom stereocenters. The van der Waals surface area contributed by atoms with E-state index in [0.29, 0.717) is 6.54 Å². The van der Waals surface area contributed by atoms with Crippen molar-refractivity contribution in [2.45, 2.75) is 17.7 Å². The van der Waals surface area contributed by atoms with Gasteiger partial charge in [-0.15, -0.1) is 11.8 Å². The van der Waals surface area contributed by atoms with Gasteiger partial charge in [-0.2, -0.15) is 0 Å². The topological polar surface area (TPSA) is 44.5 Å². The Morgan fingerprint density at radius 2 is 1.81 bits per heavy atom. The van der Waals surface area contributed by atoms with Crippen LogP contribution in [-0.2, 0) is 6.42 Å². The lowest BCUT2D eigenvalue weighted by atomic mass is 10.1. The average Bonchev–Trinajstić information content (AvgIpc) is 2.34. The number of benzene rings is 1. The summed E-state index contributed by atoms with van der Waals surface area (Å²) in [6, 6.07) is 3.89. The first kappa shape index (κ1) is 13.2. The molecule has 16 heavy (non-hydrogen) atoms. The van der Waals surface area contributed by atoms with Crippen molar-refractivity contribution >= 4 is 11.8 Å². The van der Waals surface area contributed by atoms with Gasteiger partial charge in [-0.25, -0.2) is 0 Å². The van der Waals surface area contributed by atoms with E-state index in [4.69, 9.17) is 15.2 Å². The van der Waals surface area contributed by atoms with Crippen LogP contribution in [0.4, 0.5) is 0 Å². The summed E-state index contributed by atoms with van der Waals surface area (Å²) in [6.07, 6.45) is 3.92. The van der Waals surface area contributed by atoms with Crippen molar-refractivity contribution in [1.29, 1.82) is 0 Å². The standard InChI is InChI=1S/C12H19NO2S/c1-14-10-6-7-11(15-2)12(16-3)9(10)5-4-8-13/h6-7H,4-5,8,13H2,1-3H3. The monoisotopic (exact) mass is 241 g/mol. The quantitative estimate of drug-likeness (QED) is 0.776. The van der Waals surface area contributed by atoms with Crippen LogP contribution >= 0.6 is 11.8 Å². The van der Waals surface area contributed by atoms with Gasteiger partial charge in [-0.1, -0.05) is 0 Å². The smallest absolute Gasteiger partial charge is 0.132 e. The second-order valence-corrected chi connectivity index (χ2v) is 4.19. The SMILES string of the molecule is COc1ccc(OC)c(SC)c1CCCN. The Morgan fingerprint density at radius 1 is 1.19 bits per heavy atom. The molecule has 0 atom stereocenters. The van der Waals surface area contributed by atoms with Crippen LogP contribution in [0.5, 0.6) is 11.5 Å². The molecule has 0 amide bonds. The van der Waals surface area contributed by atoms with Crippen LogP contribution in [0.25, 0.3) is 0 Å². The number of thioether (sulfide) groups is 1. The number of rotatable bonds is 6. The fourth-order valence-corrected chi connectivity index (χ4v) is 2.48. The zero-order valence-corrected chi connectivity index (χ0v) is 10.9. The van der Waals surface area contributed by atoms with Gasteiger partial charge in [0.05, 0.1) is 19.1 Å². The Balaban J connectivity index is 3.14. The highest BCUT2D eigenvalue weighted by Gasteiger charge is 2.13. The Labute approximate surface area is 101 Å². The number of nitrogens with two attached hydrogens (primary N) is 1. The zero-order chi connectivity index (χ0) is 12.0. The lowest BCUT2D eigenvalue weighted by molar-refractivity contribution is 0.389. The minimum absolute atomic E-state index is 0.689. The number of methoxy groups -OCH3 is 2. The maximum absolute atomic E-state index is 5.55. The fourth-order valence-electron chi connectivity index (χ4n) is 1.68. The molecule has 0 heterocycles. The fraction of sp³-hybridized carbons (Fsp3) is 0.500. The summed E-state index contributed by atoms with van der Waals surface area (Å²) in [5.74, 6) is 1.82. The molecule has 0 aliphatic heterocycles. The molecule has 0 spiro atoms. The summed E-state index contributed by atoms with van der Waals surface area (Å²) in [6.45, 7) is 0.689. The third kappa shape index (κ3) is 2.83. The van der Waals surface area contributed by atoms with Gasteiger partial charge in [0.1, 0.15) is 11.5 Å². The van der Waals surface area contributed by atoms with Gasteiger partial charge in [0.2, 0.25) is 0 Å². The van der Waals surface area contributed by atoms with Crippen molar-refractivity contribution in [1.82, 2.24) is 0 Å². The first-order chi connectivity index (χ1) is 7.78. The van der Waals surface area contributed by atoms with E-state index in [-0.39, 0.29) is 0 Å². The molecule has 1 aromatic rings. The average molecular weight is 241 g/mol. The van der Waals surface area contributed by atoms with Crippen LogP contribution in [-0.4, -0.2) is 27.0 Å². The minimum atomic E-state index is 0.689. The van der Waals surface area contributed by atoms with E-state index in [2.05, 4.69) is 0 Å². The van der Waals surface area contributed by atoms with Crippen molar-refractivity contribution in [2.24, 2.45) is 5.73 Å². The third-order valence-electron chi connectivity index (χ3n) is 2.46. The molecule has 0 bridgehead atoms. The maximum atomic E-state index is 5.55. The molecule has 90 valence electrons. The van der Waals surface area contributed by atoms with Crippen molar-refractivity contribution in [3.63, 3.8) is 0 Å². The van der Waals surface area contributed by atoms with Gasteiger partial charge in [-0.3, -0.25) is 0 Å². The van der Waals surface area contributed by atoms with Crippen LogP contribution in [0.2, 0.25) is 0 Å². The number of hydrogen-bond donors (Lipinski definition) is 1. The van der Waals surface area contributed by atoms with Crippen LogP contribution in [0.1, 0.15) is 12.0 Å². The lowest BCUT2D eigenvalue weighted by Gasteiger charge is -2.15. The molecule has 4 heteroatoms. The van der Waals surface area contributed by atoms with Crippen molar-refractivity contribution in [3.05, 3.63) is 17.7 Å². The van der Waals surface area contributed by atoms with Gasteiger partial charge in [0.25, 0.3) is 0 Å². The van der Waals surface area contributed by atoms with E-state index in [1.807, 2.05) is 18.4 Å². The molecule has 0 aliphatic carbocycles. The summed E-state index contributed by atoms with van der Waals surface area (Å²) < 4.78 is 10.7. The van der Waals surface area contributed by atoms with Crippen molar-refractivity contribution in [3.8, 4) is 11.5 Å². The van der Waals surface area contributed by atoms with E-state index < -0.39 is 0 Å². The van der Waals surface area contributed by atoms with E-state index in [0.717, 1.165) is 29.2 Å². The zero-order valence-electron chi connectivity index (χ0n) is 10.1. The highest BCUT2D eigenvalue weighted by molar-refractivity contribution is 7.98. The predicted molar refractivity (Wildman–Crippen MR) is 68.7 cm³/mol. The van der Waals surface area contributed by atoms with Gasteiger partial charge >= 0.3 is 0 Å². The molecule has 0 aliphatic rings. The second-order valence-electron chi connectivity index (χ2n) is 3.37. The third-order valence-corrected chi connectivity index (χ3v) is 3.31. The van der Waals surface area contributed by atoms with Crippen molar-refractivity contribution < 1.29 is 9.47 Å². The van der Waals surface area contributed by atoms with Crippen LogP contribution in [0, 0.1) is 0 Å².